The molecule has 0 spiro atoms. The van der Waals surface area contributed by atoms with E-state index in [1.54, 1.807) is 0 Å². The highest BCUT2D eigenvalue weighted by Crippen LogP contribution is 2.42. The fraction of sp³-hybridized carbons (Fsp3) is 0.423. The Labute approximate surface area is 179 Å². The number of rotatable bonds is 3. The fourth-order valence-electron chi connectivity index (χ4n) is 4.15. The first kappa shape index (κ1) is 20.5. The molecular formula is C26H31NO3. The van der Waals surface area contributed by atoms with Gasteiger partial charge in [0, 0.05) is 24.3 Å². The summed E-state index contributed by atoms with van der Waals surface area (Å²) in [6.07, 6.45) is 2.21. The zero-order valence-corrected chi connectivity index (χ0v) is 18.8. The molecule has 2 aromatic carbocycles. The van der Waals surface area contributed by atoms with Crippen molar-refractivity contribution < 1.29 is 14.3 Å². The van der Waals surface area contributed by atoms with Crippen LogP contribution in [0.15, 0.2) is 48.5 Å². The minimum absolute atomic E-state index is 0.0311. The van der Waals surface area contributed by atoms with E-state index in [-0.39, 0.29) is 22.9 Å². The van der Waals surface area contributed by atoms with E-state index in [0.29, 0.717) is 13.1 Å². The van der Waals surface area contributed by atoms with Crippen LogP contribution in [0.4, 0.5) is 5.69 Å². The van der Waals surface area contributed by atoms with Gasteiger partial charge in [0.15, 0.2) is 0 Å². The summed E-state index contributed by atoms with van der Waals surface area (Å²) in [6.45, 7) is 12.3. The molecule has 4 rings (SSSR count). The second-order valence-corrected chi connectivity index (χ2v) is 9.90. The van der Waals surface area contributed by atoms with E-state index in [0.717, 1.165) is 22.6 Å². The van der Waals surface area contributed by atoms with Crippen molar-refractivity contribution >= 4 is 17.2 Å². The minimum Gasteiger partial charge on any atom is -0.483 e. The van der Waals surface area contributed by atoms with Crippen molar-refractivity contribution in [2.45, 2.75) is 45.6 Å². The van der Waals surface area contributed by atoms with Gasteiger partial charge in [-0.1, -0.05) is 45.0 Å². The van der Waals surface area contributed by atoms with Crippen molar-refractivity contribution in [2.75, 3.05) is 25.1 Å². The third-order valence-corrected chi connectivity index (χ3v) is 5.94. The fourth-order valence-corrected chi connectivity index (χ4v) is 4.15. The van der Waals surface area contributed by atoms with Crippen LogP contribution in [-0.2, 0) is 14.9 Å². The Hall–Kier alpha value is -2.75. The van der Waals surface area contributed by atoms with Crippen molar-refractivity contribution in [3.63, 3.8) is 0 Å². The van der Waals surface area contributed by atoms with Crippen LogP contribution in [0.1, 0.15) is 51.3 Å². The van der Waals surface area contributed by atoms with Crippen LogP contribution >= 0.6 is 0 Å². The van der Waals surface area contributed by atoms with E-state index in [1.807, 2.05) is 0 Å². The van der Waals surface area contributed by atoms with E-state index < -0.39 is 0 Å². The maximum atomic E-state index is 11.7. The van der Waals surface area contributed by atoms with Crippen molar-refractivity contribution in [3.05, 3.63) is 65.2 Å². The third kappa shape index (κ3) is 3.83. The molecular weight excluding hydrogens is 374 g/mol. The number of hydrogen-bond acceptors (Lipinski definition) is 4. The van der Waals surface area contributed by atoms with Gasteiger partial charge < -0.3 is 14.4 Å². The number of fused-ring (bicyclic) bond motifs is 1. The normalized spacial score (nSPS) is 18.1. The lowest BCUT2D eigenvalue weighted by Gasteiger charge is -2.39. The Bertz CT molecular complexity index is 1010. The lowest BCUT2D eigenvalue weighted by Crippen LogP contribution is -2.50. The molecule has 2 heterocycles. The Morgan fingerprint density at radius 3 is 2.53 bits per heavy atom. The summed E-state index contributed by atoms with van der Waals surface area (Å²) in [5.41, 5.74) is 5.55. The average Bonchev–Trinajstić information content (AvgIpc) is 2.64. The standard InChI is InChI=1S/C26H31NO3/c1-25(2,3)19-10-11-21-22(14-26(4,5)30-23(21)13-19)17-8-7-9-20(12-17)27-15-18(16-27)24(28)29-6/h7-14,18H,15-16H2,1-6H3. The van der Waals surface area contributed by atoms with Gasteiger partial charge in [-0.3, -0.25) is 4.79 Å². The molecule has 2 aliphatic rings. The Kier molecular flexibility index (Phi) is 4.92. The second-order valence-electron chi connectivity index (χ2n) is 9.90. The van der Waals surface area contributed by atoms with Gasteiger partial charge in [-0.2, -0.15) is 0 Å². The van der Waals surface area contributed by atoms with Crippen LogP contribution in [-0.4, -0.2) is 31.8 Å². The van der Waals surface area contributed by atoms with E-state index in [4.69, 9.17) is 9.47 Å². The predicted octanol–water partition coefficient (Wildman–Crippen LogP) is 5.20. The summed E-state index contributed by atoms with van der Waals surface area (Å²) in [4.78, 5) is 13.9. The largest absolute Gasteiger partial charge is 0.483 e. The summed E-state index contributed by atoms with van der Waals surface area (Å²) in [5.74, 6) is 0.779. The number of nitrogens with zero attached hydrogens (tertiary/aromatic N) is 1. The van der Waals surface area contributed by atoms with Crippen LogP contribution in [0, 0.1) is 5.92 Å². The molecule has 30 heavy (non-hydrogen) atoms. The quantitative estimate of drug-likeness (QED) is 0.658. The Morgan fingerprint density at radius 2 is 1.87 bits per heavy atom. The number of anilines is 1. The zero-order chi connectivity index (χ0) is 21.7. The van der Waals surface area contributed by atoms with Crippen LogP contribution in [0.3, 0.4) is 0 Å². The minimum atomic E-state index is -0.387. The van der Waals surface area contributed by atoms with E-state index in [9.17, 15) is 4.79 Å². The van der Waals surface area contributed by atoms with Gasteiger partial charge in [-0.05, 0) is 60.2 Å². The topological polar surface area (TPSA) is 38.8 Å². The lowest BCUT2D eigenvalue weighted by molar-refractivity contribution is -0.146. The van der Waals surface area contributed by atoms with Gasteiger partial charge in [0.05, 0.1) is 13.0 Å². The molecule has 1 fully saturated rings. The highest BCUT2D eigenvalue weighted by molar-refractivity contribution is 5.86. The van der Waals surface area contributed by atoms with Crippen LogP contribution < -0.4 is 9.64 Å². The van der Waals surface area contributed by atoms with E-state index in [1.165, 1.54) is 18.2 Å². The molecule has 4 heteroatoms. The van der Waals surface area contributed by atoms with Crippen LogP contribution in [0.5, 0.6) is 5.75 Å². The molecule has 0 N–H and O–H groups in total. The lowest BCUT2D eigenvalue weighted by atomic mass is 9.83. The molecule has 1 saturated heterocycles. The van der Waals surface area contributed by atoms with Gasteiger partial charge in [-0.15, -0.1) is 0 Å². The number of carbonyl (C=O) groups is 1. The molecule has 2 aliphatic heterocycles. The van der Waals surface area contributed by atoms with Gasteiger partial charge in [0.2, 0.25) is 0 Å². The van der Waals surface area contributed by atoms with E-state index >= 15 is 0 Å². The summed E-state index contributed by atoms with van der Waals surface area (Å²) in [7, 11) is 1.45. The molecule has 4 nitrogen and oxygen atoms in total. The smallest absolute Gasteiger partial charge is 0.312 e. The molecule has 0 unspecified atom stereocenters. The summed E-state index contributed by atoms with van der Waals surface area (Å²) in [5, 5.41) is 0. The summed E-state index contributed by atoms with van der Waals surface area (Å²) in [6, 6.07) is 15.1. The van der Waals surface area contributed by atoms with Gasteiger partial charge in [0.25, 0.3) is 0 Å². The molecule has 0 amide bonds. The van der Waals surface area contributed by atoms with Crippen molar-refractivity contribution in [1.82, 2.24) is 0 Å². The first-order chi connectivity index (χ1) is 14.1. The number of hydrogen-bond donors (Lipinski definition) is 0. The average molecular weight is 406 g/mol. The molecule has 0 bridgehead atoms. The monoisotopic (exact) mass is 405 g/mol. The third-order valence-electron chi connectivity index (χ3n) is 5.94. The first-order valence-electron chi connectivity index (χ1n) is 10.6. The number of benzene rings is 2. The highest BCUT2D eigenvalue weighted by Gasteiger charge is 2.34. The Morgan fingerprint density at radius 1 is 1.13 bits per heavy atom. The van der Waals surface area contributed by atoms with Gasteiger partial charge in [0.1, 0.15) is 11.4 Å². The molecule has 0 aromatic heterocycles. The maximum Gasteiger partial charge on any atom is 0.312 e. The molecule has 0 aliphatic carbocycles. The number of methoxy groups -OCH3 is 1. The van der Waals surface area contributed by atoms with Crippen molar-refractivity contribution in [1.29, 1.82) is 0 Å². The SMILES string of the molecule is COC(=O)C1CN(c2cccc(C3=CC(C)(C)Oc4cc(C(C)(C)C)ccc43)c2)C1. The van der Waals surface area contributed by atoms with Gasteiger partial charge >= 0.3 is 5.97 Å². The molecule has 0 saturated carbocycles. The van der Waals surface area contributed by atoms with E-state index in [2.05, 4.69) is 88.1 Å². The first-order valence-corrected chi connectivity index (χ1v) is 10.6. The second kappa shape index (κ2) is 7.19. The summed E-state index contributed by atoms with van der Waals surface area (Å²) < 4.78 is 11.2. The zero-order valence-electron chi connectivity index (χ0n) is 18.8. The number of carbonyl (C=O) groups excluding carboxylic acids is 1. The predicted molar refractivity (Wildman–Crippen MR) is 121 cm³/mol. The highest BCUT2D eigenvalue weighted by atomic mass is 16.5. The maximum absolute atomic E-state index is 11.7. The number of ether oxygens (including phenoxy) is 2. The summed E-state index contributed by atoms with van der Waals surface area (Å²) >= 11 is 0. The van der Waals surface area contributed by atoms with Crippen molar-refractivity contribution in [2.24, 2.45) is 5.92 Å². The van der Waals surface area contributed by atoms with Crippen LogP contribution in [0.2, 0.25) is 0 Å². The van der Waals surface area contributed by atoms with Gasteiger partial charge in [-0.25, -0.2) is 0 Å². The Balaban J connectivity index is 1.67. The number of esters is 1. The van der Waals surface area contributed by atoms with Crippen molar-refractivity contribution in [3.8, 4) is 5.75 Å². The molecule has 158 valence electrons. The molecule has 2 aromatic rings. The molecule has 0 atom stereocenters. The molecule has 0 radical (unpaired) electrons. The van der Waals surface area contributed by atoms with Crippen LogP contribution in [0.25, 0.3) is 5.57 Å².